The monoisotopic (exact) mass is 290 g/mol. The molecule has 0 aromatic carbocycles. The van der Waals surface area contributed by atoms with Gasteiger partial charge in [-0.3, -0.25) is 4.79 Å². The first-order valence-corrected chi connectivity index (χ1v) is 8.09. The van der Waals surface area contributed by atoms with Crippen molar-refractivity contribution in [1.82, 2.24) is 19.9 Å². The molecule has 21 heavy (non-hydrogen) atoms. The third-order valence-electron chi connectivity index (χ3n) is 5.22. The molecular formula is C15H22N4O2. The second-order valence-electron chi connectivity index (χ2n) is 6.57. The maximum absolute atomic E-state index is 12.5. The van der Waals surface area contributed by atoms with Crippen LogP contribution in [0.1, 0.15) is 50.3 Å². The Labute approximate surface area is 124 Å². The Bertz CT molecular complexity index is 523. The largest absolute Gasteiger partial charge is 0.370 e. The minimum absolute atomic E-state index is 0.137. The first-order chi connectivity index (χ1) is 10.3. The number of carbonyl (C=O) groups excluding carboxylic acids is 1. The average Bonchev–Trinajstić information content (AvgIpc) is 3.17. The number of nitrogens with zero attached hydrogens (tertiary/aromatic N) is 4. The quantitative estimate of drug-likeness (QED) is 0.829. The van der Waals surface area contributed by atoms with Gasteiger partial charge >= 0.3 is 0 Å². The van der Waals surface area contributed by atoms with Gasteiger partial charge in [-0.1, -0.05) is 18.1 Å². The van der Waals surface area contributed by atoms with Gasteiger partial charge in [-0.15, -0.1) is 5.10 Å². The van der Waals surface area contributed by atoms with Crippen LogP contribution in [0.25, 0.3) is 0 Å². The van der Waals surface area contributed by atoms with E-state index >= 15 is 0 Å². The number of ether oxygens (including phenoxy) is 1. The van der Waals surface area contributed by atoms with E-state index in [0.717, 1.165) is 25.1 Å². The normalized spacial score (nSPS) is 29.2. The highest BCUT2D eigenvalue weighted by Crippen LogP contribution is 2.32. The summed E-state index contributed by atoms with van der Waals surface area (Å²) in [7, 11) is 0. The molecule has 1 aromatic rings. The highest BCUT2D eigenvalue weighted by Gasteiger charge is 2.38. The molecule has 0 radical (unpaired) electrons. The van der Waals surface area contributed by atoms with E-state index in [-0.39, 0.29) is 12.1 Å². The zero-order valence-electron chi connectivity index (χ0n) is 12.3. The van der Waals surface area contributed by atoms with Crippen molar-refractivity contribution in [2.45, 2.75) is 57.3 Å². The van der Waals surface area contributed by atoms with E-state index in [0.29, 0.717) is 25.0 Å². The van der Waals surface area contributed by atoms with Crippen molar-refractivity contribution in [2.75, 3.05) is 13.1 Å². The van der Waals surface area contributed by atoms with E-state index < -0.39 is 0 Å². The maximum Gasteiger partial charge on any atom is 0.222 e. The third-order valence-corrected chi connectivity index (χ3v) is 5.22. The van der Waals surface area contributed by atoms with Gasteiger partial charge in [0.2, 0.25) is 5.91 Å². The van der Waals surface area contributed by atoms with E-state index in [9.17, 15) is 4.79 Å². The van der Waals surface area contributed by atoms with Crippen LogP contribution in [-0.2, 0) is 16.1 Å². The van der Waals surface area contributed by atoms with Gasteiger partial charge in [-0.05, 0) is 25.2 Å². The van der Waals surface area contributed by atoms with Gasteiger partial charge in [0.15, 0.2) is 0 Å². The van der Waals surface area contributed by atoms with Crippen LogP contribution in [0.2, 0.25) is 0 Å². The Balaban J connectivity index is 1.44. The molecule has 2 atom stereocenters. The van der Waals surface area contributed by atoms with Crippen molar-refractivity contribution in [1.29, 1.82) is 0 Å². The van der Waals surface area contributed by atoms with Crippen molar-refractivity contribution in [3.63, 3.8) is 0 Å². The molecule has 6 nitrogen and oxygen atoms in total. The number of hydrogen-bond acceptors (Lipinski definition) is 4. The predicted octanol–water partition coefficient (Wildman–Crippen LogP) is 1.53. The van der Waals surface area contributed by atoms with Crippen LogP contribution in [0.5, 0.6) is 0 Å². The molecule has 3 aliphatic rings. The van der Waals surface area contributed by atoms with E-state index in [2.05, 4.69) is 10.3 Å². The highest BCUT2D eigenvalue weighted by molar-refractivity contribution is 5.76. The van der Waals surface area contributed by atoms with Crippen molar-refractivity contribution in [3.8, 4) is 0 Å². The van der Waals surface area contributed by atoms with Gasteiger partial charge in [-0.25, -0.2) is 4.68 Å². The van der Waals surface area contributed by atoms with Gasteiger partial charge in [0.05, 0.1) is 30.6 Å². The second kappa shape index (κ2) is 5.40. The van der Waals surface area contributed by atoms with Crippen LogP contribution in [0.4, 0.5) is 0 Å². The third kappa shape index (κ3) is 2.46. The first-order valence-electron chi connectivity index (χ1n) is 8.09. The first kappa shape index (κ1) is 13.2. The van der Waals surface area contributed by atoms with Crippen molar-refractivity contribution >= 4 is 5.91 Å². The molecule has 0 bridgehead atoms. The van der Waals surface area contributed by atoms with Crippen LogP contribution in [0, 0.1) is 5.92 Å². The molecule has 1 saturated heterocycles. The van der Waals surface area contributed by atoms with Crippen LogP contribution in [-0.4, -0.2) is 45.0 Å². The Morgan fingerprint density at radius 2 is 2.19 bits per heavy atom. The molecule has 114 valence electrons. The number of likely N-dealkylation sites (tertiary alicyclic amines) is 1. The van der Waals surface area contributed by atoms with Crippen molar-refractivity contribution in [3.05, 3.63) is 11.9 Å². The summed E-state index contributed by atoms with van der Waals surface area (Å²) in [4.78, 5) is 14.5. The lowest BCUT2D eigenvalue weighted by molar-refractivity contribution is -0.139. The Kier molecular flexibility index (Phi) is 3.41. The predicted molar refractivity (Wildman–Crippen MR) is 75.4 cm³/mol. The fourth-order valence-corrected chi connectivity index (χ4v) is 4.00. The molecule has 4 rings (SSSR count). The number of aromatic nitrogens is 3. The van der Waals surface area contributed by atoms with Gasteiger partial charge < -0.3 is 9.64 Å². The number of hydrogen-bond donors (Lipinski definition) is 0. The SMILES string of the molecule is O=C(CC1CCCC1)N1CC[C@@H]2OCc3cnnn3[C@H]2C1. The molecule has 2 fully saturated rings. The molecule has 1 saturated carbocycles. The summed E-state index contributed by atoms with van der Waals surface area (Å²) in [6.45, 7) is 2.12. The van der Waals surface area contributed by atoms with Crippen molar-refractivity contribution < 1.29 is 9.53 Å². The number of fused-ring (bicyclic) bond motifs is 3. The molecule has 1 aliphatic carbocycles. The van der Waals surface area contributed by atoms with E-state index in [1.807, 2.05) is 9.58 Å². The molecule has 0 spiro atoms. The van der Waals surface area contributed by atoms with E-state index in [1.165, 1.54) is 25.7 Å². The summed E-state index contributed by atoms with van der Waals surface area (Å²) in [5, 5.41) is 8.16. The summed E-state index contributed by atoms with van der Waals surface area (Å²) < 4.78 is 7.85. The zero-order chi connectivity index (χ0) is 14.2. The van der Waals surface area contributed by atoms with Crippen molar-refractivity contribution in [2.24, 2.45) is 5.92 Å². The fourth-order valence-electron chi connectivity index (χ4n) is 4.00. The lowest BCUT2D eigenvalue weighted by atomic mass is 9.98. The molecule has 6 heteroatoms. The van der Waals surface area contributed by atoms with Crippen LogP contribution < -0.4 is 0 Å². The van der Waals surface area contributed by atoms with Gasteiger partial charge in [0, 0.05) is 19.5 Å². The summed E-state index contributed by atoms with van der Waals surface area (Å²) >= 11 is 0. The minimum Gasteiger partial charge on any atom is -0.370 e. The second-order valence-corrected chi connectivity index (χ2v) is 6.57. The summed E-state index contributed by atoms with van der Waals surface area (Å²) in [5.41, 5.74) is 1.02. The Hall–Kier alpha value is -1.43. The number of carbonyl (C=O) groups is 1. The van der Waals surface area contributed by atoms with E-state index in [1.54, 1.807) is 6.20 Å². The lowest BCUT2D eigenvalue weighted by Crippen LogP contribution is -2.50. The molecule has 0 N–H and O–H groups in total. The molecule has 2 aliphatic heterocycles. The highest BCUT2D eigenvalue weighted by atomic mass is 16.5. The summed E-state index contributed by atoms with van der Waals surface area (Å²) in [6.07, 6.45) is 8.59. The van der Waals surface area contributed by atoms with Gasteiger partial charge in [0.25, 0.3) is 0 Å². The Morgan fingerprint density at radius 1 is 1.33 bits per heavy atom. The molecule has 1 aromatic heterocycles. The fraction of sp³-hybridized carbons (Fsp3) is 0.800. The maximum atomic E-state index is 12.5. The van der Waals surface area contributed by atoms with Crippen LogP contribution >= 0.6 is 0 Å². The standard InChI is InChI=1S/C15H22N4O2/c20-15(7-11-3-1-2-4-11)18-6-5-14-13(9-18)19-12(10-21-14)8-16-17-19/h8,11,13-14H,1-7,9-10H2/t13-,14-/m0/s1. The average molecular weight is 290 g/mol. The van der Waals surface area contributed by atoms with Crippen LogP contribution in [0.15, 0.2) is 6.20 Å². The van der Waals surface area contributed by atoms with Crippen LogP contribution in [0.3, 0.4) is 0 Å². The van der Waals surface area contributed by atoms with E-state index in [4.69, 9.17) is 4.74 Å². The minimum atomic E-state index is 0.137. The molecule has 3 heterocycles. The molecule has 1 amide bonds. The zero-order valence-corrected chi connectivity index (χ0v) is 12.3. The number of rotatable bonds is 2. The van der Waals surface area contributed by atoms with Gasteiger partial charge in [0.1, 0.15) is 0 Å². The van der Waals surface area contributed by atoms with Gasteiger partial charge in [-0.2, -0.15) is 0 Å². The Morgan fingerprint density at radius 3 is 3.05 bits per heavy atom. The topological polar surface area (TPSA) is 60.3 Å². The summed E-state index contributed by atoms with van der Waals surface area (Å²) in [5.74, 6) is 0.923. The molecular weight excluding hydrogens is 268 g/mol. The number of piperidine rings is 1. The number of amides is 1. The lowest BCUT2D eigenvalue weighted by Gasteiger charge is -2.41. The summed E-state index contributed by atoms with van der Waals surface area (Å²) in [6, 6.07) is 0.137. The smallest absolute Gasteiger partial charge is 0.222 e. The molecule has 0 unspecified atom stereocenters.